The van der Waals surface area contributed by atoms with Crippen LogP contribution < -0.4 is 10.5 Å². The molecule has 1 atom stereocenters. The molecular weight excluding hydrogens is 430 g/mol. The molecule has 8 heteroatoms. The zero-order valence-corrected chi connectivity index (χ0v) is 20.1. The van der Waals surface area contributed by atoms with Crippen LogP contribution in [0, 0.1) is 0 Å². The van der Waals surface area contributed by atoms with Crippen molar-refractivity contribution < 1.29 is 14.3 Å². The first-order valence-electron chi connectivity index (χ1n) is 11.7. The number of benzene rings is 1. The van der Waals surface area contributed by atoms with E-state index in [2.05, 4.69) is 11.1 Å². The number of anilines is 1. The largest absolute Gasteiger partial charge is 0.482 e. The maximum absolute atomic E-state index is 12.4. The fourth-order valence-corrected chi connectivity index (χ4v) is 4.74. The minimum atomic E-state index is -0.496. The third-order valence-electron chi connectivity index (χ3n) is 6.51. The molecular formula is C26H31N5O3. The van der Waals surface area contributed by atoms with Crippen LogP contribution in [0.2, 0.25) is 0 Å². The number of carbonyl (C=O) groups is 1. The summed E-state index contributed by atoms with van der Waals surface area (Å²) in [7, 11) is 0. The number of hydrogen-bond donors (Lipinski definition) is 1. The number of nitrogens with two attached hydrogens (primary N) is 1. The summed E-state index contributed by atoms with van der Waals surface area (Å²) in [6, 6.07) is 14.0. The van der Waals surface area contributed by atoms with E-state index in [4.69, 9.17) is 20.3 Å². The smallest absolute Gasteiger partial charge is 0.410 e. The molecule has 0 unspecified atom stereocenters. The summed E-state index contributed by atoms with van der Waals surface area (Å²) in [5, 5.41) is 4.82. The third-order valence-corrected chi connectivity index (χ3v) is 6.51. The van der Waals surface area contributed by atoms with Crippen molar-refractivity contribution in [2.45, 2.75) is 57.8 Å². The maximum atomic E-state index is 12.4. The highest BCUT2D eigenvalue weighted by atomic mass is 16.6. The van der Waals surface area contributed by atoms with Gasteiger partial charge in [0, 0.05) is 42.5 Å². The van der Waals surface area contributed by atoms with Crippen molar-refractivity contribution in [2.75, 3.05) is 18.8 Å². The van der Waals surface area contributed by atoms with Gasteiger partial charge in [-0.25, -0.2) is 9.78 Å². The van der Waals surface area contributed by atoms with Crippen molar-refractivity contribution in [1.82, 2.24) is 19.7 Å². The molecule has 2 aromatic heterocycles. The number of fused-ring (bicyclic) bond motifs is 2. The second-order valence-corrected chi connectivity index (χ2v) is 10.3. The average molecular weight is 462 g/mol. The van der Waals surface area contributed by atoms with Gasteiger partial charge in [0.1, 0.15) is 11.7 Å². The minimum absolute atomic E-state index is 0.0649. The molecule has 5 rings (SSSR count). The predicted molar refractivity (Wildman–Crippen MR) is 129 cm³/mol. The van der Waals surface area contributed by atoms with E-state index in [1.54, 1.807) is 11.1 Å². The van der Waals surface area contributed by atoms with E-state index in [9.17, 15) is 4.79 Å². The summed E-state index contributed by atoms with van der Waals surface area (Å²) in [6.45, 7) is 9.77. The first-order chi connectivity index (χ1) is 16.1. The van der Waals surface area contributed by atoms with Gasteiger partial charge >= 0.3 is 6.09 Å². The molecule has 2 N–H and O–H groups in total. The van der Waals surface area contributed by atoms with Crippen LogP contribution in [0.15, 0.2) is 48.7 Å². The summed E-state index contributed by atoms with van der Waals surface area (Å²) < 4.78 is 13.7. The molecule has 1 spiro atoms. The van der Waals surface area contributed by atoms with Crippen molar-refractivity contribution in [3.63, 3.8) is 0 Å². The van der Waals surface area contributed by atoms with E-state index in [-0.39, 0.29) is 17.6 Å². The number of carbonyl (C=O) groups excluding carboxylic acids is 1. The average Bonchev–Trinajstić information content (AvgIpc) is 3.33. The second-order valence-electron chi connectivity index (χ2n) is 10.3. The van der Waals surface area contributed by atoms with E-state index in [1.807, 2.05) is 68.8 Å². The summed E-state index contributed by atoms with van der Waals surface area (Å²) in [6.07, 6.45) is 2.28. The summed E-state index contributed by atoms with van der Waals surface area (Å²) in [5.41, 5.74) is 9.45. The third kappa shape index (κ3) is 4.08. The highest BCUT2D eigenvalue weighted by molar-refractivity contribution is 5.71. The van der Waals surface area contributed by atoms with Crippen LogP contribution in [-0.4, -0.2) is 44.4 Å². The molecule has 4 heterocycles. The lowest BCUT2D eigenvalue weighted by atomic mass is 9.76. The van der Waals surface area contributed by atoms with Crippen molar-refractivity contribution in [3.05, 3.63) is 59.9 Å². The number of pyridine rings is 1. The predicted octanol–water partition coefficient (Wildman–Crippen LogP) is 4.56. The maximum Gasteiger partial charge on any atom is 0.410 e. The molecule has 1 saturated heterocycles. The minimum Gasteiger partial charge on any atom is -0.482 e. The van der Waals surface area contributed by atoms with Crippen LogP contribution in [0.4, 0.5) is 10.6 Å². The van der Waals surface area contributed by atoms with Gasteiger partial charge in [-0.3, -0.25) is 4.68 Å². The van der Waals surface area contributed by atoms with Gasteiger partial charge in [0.2, 0.25) is 0 Å². The van der Waals surface area contributed by atoms with E-state index in [1.165, 1.54) is 0 Å². The van der Waals surface area contributed by atoms with Crippen molar-refractivity contribution in [2.24, 2.45) is 0 Å². The van der Waals surface area contributed by atoms with Gasteiger partial charge < -0.3 is 20.1 Å². The highest BCUT2D eigenvalue weighted by Crippen LogP contribution is 2.44. The fourth-order valence-electron chi connectivity index (χ4n) is 4.74. The van der Waals surface area contributed by atoms with Gasteiger partial charge in [-0.1, -0.05) is 30.3 Å². The molecule has 2 aliphatic heterocycles. The normalized spacial score (nSPS) is 17.2. The van der Waals surface area contributed by atoms with Crippen LogP contribution in [0.1, 0.15) is 51.5 Å². The zero-order valence-electron chi connectivity index (χ0n) is 20.1. The standard InChI is InChI=1S/C26H31N5O3/c1-17(18-8-6-5-7-9-18)33-21-12-19(14-28-23(21)27)20-13-22-26(10-11-31(22)29-20)15-30(16-26)24(32)34-25(2,3)4/h5-9,12-14,17H,10-11,15-16H2,1-4H3,(H2,27,28)/t17-/m1/s1. The fraction of sp³-hybridized carbons (Fsp3) is 0.423. The molecule has 1 aromatic carbocycles. The first-order valence-corrected chi connectivity index (χ1v) is 11.7. The SMILES string of the molecule is C[C@@H](Oc1cc(-c2cc3n(n2)CCC32CN(C(=O)OC(C)(C)C)C2)cnc1N)c1ccccc1. The van der Waals surface area contributed by atoms with Crippen LogP contribution in [0.25, 0.3) is 11.3 Å². The summed E-state index contributed by atoms with van der Waals surface area (Å²) >= 11 is 0. The number of hydrogen-bond acceptors (Lipinski definition) is 6. The Morgan fingerprint density at radius 2 is 1.91 bits per heavy atom. The Balaban J connectivity index is 1.33. The van der Waals surface area contributed by atoms with Gasteiger partial charge in [0.25, 0.3) is 0 Å². The lowest BCUT2D eigenvalue weighted by molar-refractivity contribution is -0.00969. The Hall–Kier alpha value is -3.55. The van der Waals surface area contributed by atoms with Crippen molar-refractivity contribution in [1.29, 1.82) is 0 Å². The van der Waals surface area contributed by atoms with Gasteiger partial charge in [0.05, 0.1) is 5.69 Å². The number of aromatic nitrogens is 3. The molecule has 178 valence electrons. The van der Waals surface area contributed by atoms with Crippen LogP contribution in [0.3, 0.4) is 0 Å². The molecule has 1 fully saturated rings. The van der Waals surface area contributed by atoms with Gasteiger partial charge in [-0.15, -0.1) is 0 Å². The Morgan fingerprint density at radius 3 is 2.62 bits per heavy atom. The van der Waals surface area contributed by atoms with Crippen molar-refractivity contribution >= 4 is 11.9 Å². The molecule has 1 amide bonds. The number of rotatable bonds is 4. The Morgan fingerprint density at radius 1 is 1.18 bits per heavy atom. The molecule has 8 nitrogen and oxygen atoms in total. The molecule has 0 radical (unpaired) electrons. The topological polar surface area (TPSA) is 95.5 Å². The molecule has 0 saturated carbocycles. The Kier molecular flexibility index (Phi) is 5.26. The van der Waals surface area contributed by atoms with E-state index < -0.39 is 5.60 Å². The molecule has 34 heavy (non-hydrogen) atoms. The summed E-state index contributed by atoms with van der Waals surface area (Å²) in [5.74, 6) is 0.887. The van der Waals surface area contributed by atoms with Crippen LogP contribution in [-0.2, 0) is 16.7 Å². The van der Waals surface area contributed by atoms with Crippen molar-refractivity contribution in [3.8, 4) is 17.0 Å². The van der Waals surface area contributed by atoms with Gasteiger partial charge in [-0.05, 0) is 51.8 Å². The molecule has 0 bridgehead atoms. The molecule has 3 aromatic rings. The number of aryl methyl sites for hydroxylation is 1. The number of likely N-dealkylation sites (tertiary alicyclic amines) is 1. The van der Waals surface area contributed by atoms with E-state index >= 15 is 0 Å². The van der Waals surface area contributed by atoms with Crippen LogP contribution in [0.5, 0.6) is 5.75 Å². The lowest BCUT2D eigenvalue weighted by Crippen LogP contribution is -2.61. The molecule has 2 aliphatic rings. The van der Waals surface area contributed by atoms with E-state index in [0.29, 0.717) is 24.7 Å². The molecule has 0 aliphatic carbocycles. The number of nitrogen functional groups attached to an aromatic ring is 1. The quantitative estimate of drug-likeness (QED) is 0.612. The second kappa shape index (κ2) is 8.04. The number of amides is 1. The lowest BCUT2D eigenvalue weighted by Gasteiger charge is -2.47. The highest BCUT2D eigenvalue weighted by Gasteiger charge is 2.52. The number of nitrogens with zero attached hydrogens (tertiary/aromatic N) is 4. The van der Waals surface area contributed by atoms with E-state index in [0.717, 1.165) is 35.5 Å². The first kappa shape index (κ1) is 22.3. The zero-order chi connectivity index (χ0) is 24.1. The summed E-state index contributed by atoms with van der Waals surface area (Å²) in [4.78, 5) is 18.6. The van der Waals surface area contributed by atoms with Crippen LogP contribution >= 0.6 is 0 Å². The van der Waals surface area contributed by atoms with Gasteiger partial charge in [-0.2, -0.15) is 5.10 Å². The Labute approximate surface area is 199 Å². The monoisotopic (exact) mass is 461 g/mol. The van der Waals surface area contributed by atoms with Gasteiger partial charge in [0.15, 0.2) is 11.6 Å². The number of ether oxygens (including phenoxy) is 2. The Bertz CT molecular complexity index is 1210.